The fraction of sp³-hybridized carbons (Fsp3) is 0.300. The van der Waals surface area contributed by atoms with Crippen LogP contribution in [0.15, 0.2) is 18.2 Å². The summed E-state index contributed by atoms with van der Waals surface area (Å²) in [5, 5.41) is 2.66. The molecule has 0 unspecified atom stereocenters. The minimum Gasteiger partial charge on any atom is -0.348 e. The summed E-state index contributed by atoms with van der Waals surface area (Å²) in [7, 11) is 0. The van der Waals surface area contributed by atoms with E-state index in [1.807, 2.05) is 22.6 Å². The Morgan fingerprint density at radius 1 is 1.62 bits per heavy atom. The lowest BCUT2D eigenvalue weighted by Gasteiger charge is -2.11. The third kappa shape index (κ3) is 4.23. The van der Waals surface area contributed by atoms with Gasteiger partial charge >= 0.3 is 0 Å². The highest BCUT2D eigenvalue weighted by Crippen LogP contribution is 2.12. The number of amides is 1. The van der Waals surface area contributed by atoms with E-state index in [9.17, 15) is 9.18 Å². The molecule has 0 saturated carbocycles. The Labute approximate surface area is 114 Å². The first kappa shape index (κ1) is 15.6. The molecule has 1 aromatic carbocycles. The summed E-state index contributed by atoms with van der Waals surface area (Å²) >= 11 is 1.87. The molecule has 0 heterocycles. The van der Waals surface area contributed by atoms with E-state index < -0.39 is 0 Å². The lowest BCUT2D eigenvalue weighted by atomic mass is 10.2. The van der Waals surface area contributed by atoms with Crippen LogP contribution in [-0.4, -0.2) is 18.5 Å². The molecule has 3 nitrogen and oxygen atoms in total. The van der Waals surface area contributed by atoms with Crippen LogP contribution in [-0.2, 0) is 0 Å². The summed E-state index contributed by atoms with van der Waals surface area (Å²) in [6, 6.07) is 4.27. The normalized spacial score (nSPS) is 11.5. The van der Waals surface area contributed by atoms with Gasteiger partial charge in [-0.3, -0.25) is 4.79 Å². The predicted octanol–water partition coefficient (Wildman–Crippen LogP) is 1.93. The summed E-state index contributed by atoms with van der Waals surface area (Å²) in [4.78, 5) is 11.5. The highest BCUT2D eigenvalue weighted by Gasteiger charge is 2.10. The lowest BCUT2D eigenvalue weighted by Crippen LogP contribution is -2.37. The fourth-order valence-corrected chi connectivity index (χ4v) is 1.34. The van der Waals surface area contributed by atoms with Crippen LogP contribution in [0.1, 0.15) is 17.3 Å². The second-order valence-electron chi connectivity index (χ2n) is 3.24. The van der Waals surface area contributed by atoms with Gasteiger partial charge in [0.1, 0.15) is 5.82 Å². The molecule has 0 aliphatic heterocycles. The number of rotatable bonds is 3. The van der Waals surface area contributed by atoms with Gasteiger partial charge in [0, 0.05) is 21.7 Å². The zero-order chi connectivity index (χ0) is 11.4. The van der Waals surface area contributed by atoms with E-state index in [1.54, 1.807) is 19.1 Å². The third-order valence-electron chi connectivity index (χ3n) is 1.91. The van der Waals surface area contributed by atoms with Gasteiger partial charge in [-0.05, 0) is 47.7 Å². The van der Waals surface area contributed by atoms with Crippen LogP contribution in [0.3, 0.4) is 0 Å². The van der Waals surface area contributed by atoms with Crippen LogP contribution in [0.2, 0.25) is 0 Å². The zero-order valence-electron chi connectivity index (χ0n) is 8.67. The van der Waals surface area contributed by atoms with Crippen LogP contribution in [0.4, 0.5) is 4.39 Å². The maximum atomic E-state index is 13.1. The number of hydrogen-bond donors (Lipinski definition) is 2. The predicted molar refractivity (Wildman–Crippen MR) is 72.3 cm³/mol. The molecule has 1 amide bonds. The maximum Gasteiger partial charge on any atom is 0.251 e. The zero-order valence-corrected chi connectivity index (χ0v) is 11.6. The van der Waals surface area contributed by atoms with Crippen molar-refractivity contribution in [2.24, 2.45) is 5.73 Å². The van der Waals surface area contributed by atoms with E-state index in [1.165, 1.54) is 6.07 Å². The Kier molecular flexibility index (Phi) is 6.85. The summed E-state index contributed by atoms with van der Waals surface area (Å²) in [6.45, 7) is 2.15. The topological polar surface area (TPSA) is 55.1 Å². The minimum atomic E-state index is -0.386. The summed E-state index contributed by atoms with van der Waals surface area (Å²) < 4.78 is 13.6. The molecule has 0 bridgehead atoms. The largest absolute Gasteiger partial charge is 0.348 e. The van der Waals surface area contributed by atoms with E-state index in [0.29, 0.717) is 15.7 Å². The molecule has 0 aliphatic carbocycles. The van der Waals surface area contributed by atoms with Gasteiger partial charge < -0.3 is 11.1 Å². The van der Waals surface area contributed by atoms with Crippen LogP contribution in [0.25, 0.3) is 0 Å². The van der Waals surface area contributed by atoms with Crippen LogP contribution in [0, 0.1) is 9.39 Å². The SMILES string of the molecule is C[C@H](CN)NC(=O)c1ccc(I)c(F)c1.Cl. The number of hydrogen-bond acceptors (Lipinski definition) is 2. The van der Waals surface area contributed by atoms with Crippen LogP contribution >= 0.6 is 35.0 Å². The van der Waals surface area contributed by atoms with Gasteiger partial charge in [-0.25, -0.2) is 4.39 Å². The number of nitrogens with one attached hydrogen (secondary N) is 1. The van der Waals surface area contributed by atoms with E-state index in [2.05, 4.69) is 5.32 Å². The van der Waals surface area contributed by atoms with Crippen molar-refractivity contribution in [2.75, 3.05) is 6.54 Å². The van der Waals surface area contributed by atoms with Crippen LogP contribution in [0.5, 0.6) is 0 Å². The quantitative estimate of drug-likeness (QED) is 0.811. The summed E-state index contributed by atoms with van der Waals surface area (Å²) in [6.07, 6.45) is 0. The van der Waals surface area contributed by atoms with Crippen molar-refractivity contribution in [3.8, 4) is 0 Å². The molecule has 3 N–H and O–H groups in total. The highest BCUT2D eigenvalue weighted by molar-refractivity contribution is 14.1. The molecule has 0 spiro atoms. The number of benzene rings is 1. The Bertz CT molecular complexity index is 376. The first-order valence-corrected chi connectivity index (χ1v) is 5.58. The van der Waals surface area contributed by atoms with E-state index >= 15 is 0 Å². The fourth-order valence-electron chi connectivity index (χ4n) is 1.00. The molecule has 1 atom stereocenters. The second-order valence-corrected chi connectivity index (χ2v) is 4.40. The summed E-state index contributed by atoms with van der Waals surface area (Å²) in [5.74, 6) is -0.688. The number of carbonyl (C=O) groups excluding carboxylic acids is 1. The first-order chi connectivity index (χ1) is 7.04. The highest BCUT2D eigenvalue weighted by atomic mass is 127. The van der Waals surface area contributed by atoms with Crippen molar-refractivity contribution < 1.29 is 9.18 Å². The average molecular weight is 359 g/mol. The lowest BCUT2D eigenvalue weighted by molar-refractivity contribution is 0.0941. The standard InChI is InChI=1S/C10H12FIN2O.ClH/c1-6(5-13)14-10(15)7-2-3-9(12)8(11)4-7;/h2-4,6H,5,13H2,1H3,(H,14,15);1H/t6-;/m1./s1. The Morgan fingerprint density at radius 3 is 2.75 bits per heavy atom. The van der Waals surface area contributed by atoms with Crippen molar-refractivity contribution in [2.45, 2.75) is 13.0 Å². The summed E-state index contributed by atoms with van der Waals surface area (Å²) in [5.41, 5.74) is 5.68. The average Bonchev–Trinajstić information content (AvgIpc) is 2.21. The molecular formula is C10H13ClFIN2O. The third-order valence-corrected chi connectivity index (χ3v) is 2.79. The van der Waals surface area contributed by atoms with Crippen molar-refractivity contribution in [1.82, 2.24) is 5.32 Å². The smallest absolute Gasteiger partial charge is 0.251 e. The van der Waals surface area contributed by atoms with Crippen LogP contribution < -0.4 is 11.1 Å². The van der Waals surface area contributed by atoms with E-state index in [4.69, 9.17) is 5.73 Å². The molecular weight excluding hydrogens is 345 g/mol. The van der Waals surface area contributed by atoms with E-state index in [-0.39, 0.29) is 30.2 Å². The Morgan fingerprint density at radius 2 is 2.25 bits per heavy atom. The molecule has 0 saturated heterocycles. The van der Waals surface area contributed by atoms with Gasteiger partial charge in [-0.1, -0.05) is 0 Å². The van der Waals surface area contributed by atoms with E-state index in [0.717, 1.165) is 0 Å². The monoisotopic (exact) mass is 358 g/mol. The molecule has 90 valence electrons. The first-order valence-electron chi connectivity index (χ1n) is 4.50. The van der Waals surface area contributed by atoms with Crippen molar-refractivity contribution in [3.05, 3.63) is 33.1 Å². The van der Waals surface area contributed by atoms with Gasteiger partial charge in [0.15, 0.2) is 0 Å². The molecule has 16 heavy (non-hydrogen) atoms. The maximum absolute atomic E-state index is 13.1. The Hall–Kier alpha value is -0.400. The Balaban J connectivity index is 0.00000225. The van der Waals surface area contributed by atoms with Crippen molar-refractivity contribution in [3.63, 3.8) is 0 Å². The molecule has 0 fully saturated rings. The van der Waals surface area contributed by atoms with Gasteiger partial charge in [0.05, 0.1) is 0 Å². The number of nitrogens with two attached hydrogens (primary N) is 1. The molecule has 6 heteroatoms. The van der Waals surface area contributed by atoms with Gasteiger partial charge in [-0.2, -0.15) is 0 Å². The number of carbonyl (C=O) groups is 1. The molecule has 0 aromatic heterocycles. The molecule has 1 rings (SSSR count). The number of halogens is 3. The van der Waals surface area contributed by atoms with Gasteiger partial charge in [0.2, 0.25) is 0 Å². The van der Waals surface area contributed by atoms with Gasteiger partial charge in [0.25, 0.3) is 5.91 Å². The molecule has 1 aromatic rings. The second kappa shape index (κ2) is 7.03. The minimum absolute atomic E-state index is 0. The van der Waals surface area contributed by atoms with Gasteiger partial charge in [-0.15, -0.1) is 12.4 Å². The van der Waals surface area contributed by atoms with Crippen molar-refractivity contribution in [1.29, 1.82) is 0 Å². The van der Waals surface area contributed by atoms with Crippen molar-refractivity contribution >= 4 is 40.9 Å². The molecule has 0 radical (unpaired) electrons. The molecule has 0 aliphatic rings.